The standard InChI is InChI=1S/C28H31ClFN5O2/c29-24-14-22(10-7-20(24)15-31)35-13-3-4-21(17-35)33-25-5-1-2-6-26(25)34-28-32-16-27(37-28)19-8-11-23(12-9-19)36-18-30/h7-12,14,16,21,25-26,33H,1-6,13,17-18H2,(H,32,34)/t21-,25+,26+/m0/s1. The van der Waals surface area contributed by atoms with Crippen LogP contribution in [0.5, 0.6) is 5.75 Å². The highest BCUT2D eigenvalue weighted by molar-refractivity contribution is 6.32. The second-order valence-electron chi connectivity index (χ2n) is 9.68. The Labute approximate surface area is 221 Å². The van der Waals surface area contributed by atoms with E-state index in [1.54, 1.807) is 24.4 Å². The number of halogens is 2. The first-order valence-electron chi connectivity index (χ1n) is 12.8. The lowest BCUT2D eigenvalue weighted by atomic mass is 9.89. The fourth-order valence-corrected chi connectivity index (χ4v) is 5.57. The molecule has 1 saturated heterocycles. The van der Waals surface area contributed by atoms with Crippen LogP contribution in [-0.4, -0.2) is 43.1 Å². The molecule has 2 aromatic carbocycles. The van der Waals surface area contributed by atoms with Crippen LogP contribution in [0.4, 0.5) is 16.1 Å². The van der Waals surface area contributed by atoms with E-state index in [9.17, 15) is 9.65 Å². The number of hydrogen-bond donors (Lipinski definition) is 2. The maximum Gasteiger partial charge on any atom is 0.295 e. The molecule has 2 N–H and O–H groups in total. The second-order valence-corrected chi connectivity index (χ2v) is 10.1. The van der Waals surface area contributed by atoms with Crippen LogP contribution >= 0.6 is 11.6 Å². The lowest BCUT2D eigenvalue weighted by Gasteiger charge is -2.40. The van der Waals surface area contributed by atoms with Crippen molar-refractivity contribution in [2.45, 2.75) is 56.7 Å². The molecule has 2 aliphatic rings. The number of anilines is 2. The summed E-state index contributed by atoms with van der Waals surface area (Å²) in [4.78, 5) is 6.81. The van der Waals surface area contributed by atoms with Gasteiger partial charge in [-0.25, -0.2) is 9.37 Å². The minimum atomic E-state index is -0.852. The molecule has 3 atom stereocenters. The number of benzene rings is 2. The highest BCUT2D eigenvalue weighted by Gasteiger charge is 2.30. The molecule has 9 heteroatoms. The molecule has 0 amide bonds. The Morgan fingerprint density at radius 3 is 2.68 bits per heavy atom. The normalized spacial score (nSPS) is 21.9. The summed E-state index contributed by atoms with van der Waals surface area (Å²) in [7, 11) is 0. The van der Waals surface area contributed by atoms with Gasteiger partial charge in [-0.05, 0) is 68.1 Å². The lowest BCUT2D eigenvalue weighted by molar-refractivity contribution is 0.192. The van der Waals surface area contributed by atoms with E-state index in [-0.39, 0.29) is 6.04 Å². The number of piperidine rings is 1. The van der Waals surface area contributed by atoms with E-state index in [4.69, 9.17) is 20.8 Å². The number of aromatic nitrogens is 1. The predicted molar refractivity (Wildman–Crippen MR) is 143 cm³/mol. The number of ether oxygens (including phenoxy) is 1. The topological polar surface area (TPSA) is 86.4 Å². The number of oxazole rings is 1. The maximum atomic E-state index is 12.4. The van der Waals surface area contributed by atoms with E-state index in [0.717, 1.165) is 50.0 Å². The fourth-order valence-electron chi connectivity index (χ4n) is 5.36. The summed E-state index contributed by atoms with van der Waals surface area (Å²) in [5.41, 5.74) is 2.42. The largest absolute Gasteiger partial charge is 0.463 e. The lowest BCUT2D eigenvalue weighted by Crippen LogP contribution is -2.54. The van der Waals surface area contributed by atoms with Gasteiger partial charge >= 0.3 is 0 Å². The summed E-state index contributed by atoms with van der Waals surface area (Å²) in [5, 5.41) is 17.1. The van der Waals surface area contributed by atoms with Crippen molar-refractivity contribution < 1.29 is 13.5 Å². The minimum Gasteiger partial charge on any atom is -0.463 e. The fraction of sp³-hybridized carbons (Fsp3) is 0.429. The first-order chi connectivity index (χ1) is 18.1. The molecule has 1 aliphatic carbocycles. The highest BCUT2D eigenvalue weighted by atomic mass is 35.5. The van der Waals surface area contributed by atoms with Crippen LogP contribution in [0, 0.1) is 11.3 Å². The van der Waals surface area contributed by atoms with Crippen molar-refractivity contribution in [3.63, 3.8) is 0 Å². The number of hydrogen-bond acceptors (Lipinski definition) is 7. The van der Waals surface area contributed by atoms with E-state index in [2.05, 4.69) is 26.6 Å². The number of nitriles is 1. The first kappa shape index (κ1) is 25.4. The summed E-state index contributed by atoms with van der Waals surface area (Å²) in [5.74, 6) is 1.13. The molecule has 0 radical (unpaired) electrons. The Bertz CT molecular complexity index is 1230. The quantitative estimate of drug-likeness (QED) is 0.366. The van der Waals surface area contributed by atoms with Gasteiger partial charge in [0.25, 0.3) is 6.01 Å². The van der Waals surface area contributed by atoms with E-state index in [1.165, 1.54) is 12.8 Å². The van der Waals surface area contributed by atoms with Crippen LogP contribution in [0.25, 0.3) is 11.3 Å². The van der Waals surface area contributed by atoms with Crippen molar-refractivity contribution in [3.05, 3.63) is 59.2 Å². The molecule has 7 nitrogen and oxygen atoms in total. The van der Waals surface area contributed by atoms with Crippen LogP contribution in [-0.2, 0) is 0 Å². The molecule has 37 heavy (non-hydrogen) atoms. The number of nitrogens with zero attached hydrogens (tertiary/aromatic N) is 3. The molecule has 2 heterocycles. The van der Waals surface area contributed by atoms with Gasteiger partial charge in [-0.2, -0.15) is 5.26 Å². The Balaban J connectivity index is 1.21. The van der Waals surface area contributed by atoms with Crippen molar-refractivity contribution in [2.24, 2.45) is 0 Å². The van der Waals surface area contributed by atoms with Gasteiger partial charge in [0, 0.05) is 42.5 Å². The highest BCUT2D eigenvalue weighted by Crippen LogP contribution is 2.29. The van der Waals surface area contributed by atoms with Gasteiger partial charge in [0.2, 0.25) is 6.86 Å². The predicted octanol–water partition coefficient (Wildman–Crippen LogP) is 6.15. The van der Waals surface area contributed by atoms with Gasteiger partial charge in [0.15, 0.2) is 5.76 Å². The van der Waals surface area contributed by atoms with E-state index < -0.39 is 6.86 Å². The zero-order chi connectivity index (χ0) is 25.6. The van der Waals surface area contributed by atoms with Gasteiger partial charge in [0.1, 0.15) is 11.8 Å². The second kappa shape index (κ2) is 11.8. The molecule has 0 bridgehead atoms. The molecular formula is C28H31ClFN5O2. The molecule has 0 unspecified atom stereocenters. The average molecular weight is 524 g/mol. The summed E-state index contributed by atoms with van der Waals surface area (Å²) in [6.45, 7) is 1.03. The van der Waals surface area contributed by atoms with Crippen LogP contribution in [0.15, 0.2) is 53.1 Å². The van der Waals surface area contributed by atoms with E-state index in [0.29, 0.717) is 40.2 Å². The molecule has 1 aliphatic heterocycles. The van der Waals surface area contributed by atoms with Gasteiger partial charge < -0.3 is 24.7 Å². The molecule has 0 spiro atoms. The molecule has 2 fully saturated rings. The van der Waals surface area contributed by atoms with Crippen molar-refractivity contribution >= 4 is 23.3 Å². The molecule has 1 aromatic heterocycles. The van der Waals surface area contributed by atoms with Crippen LogP contribution < -0.4 is 20.3 Å². The third kappa shape index (κ3) is 6.17. The van der Waals surface area contributed by atoms with E-state index in [1.807, 2.05) is 24.3 Å². The maximum absolute atomic E-state index is 12.4. The monoisotopic (exact) mass is 523 g/mol. The first-order valence-corrected chi connectivity index (χ1v) is 13.2. The van der Waals surface area contributed by atoms with Crippen molar-refractivity contribution in [1.82, 2.24) is 10.3 Å². The summed E-state index contributed by atoms with van der Waals surface area (Å²) in [6.07, 6.45) is 8.43. The molecular weight excluding hydrogens is 493 g/mol. The zero-order valence-electron chi connectivity index (χ0n) is 20.6. The third-order valence-corrected chi connectivity index (χ3v) is 7.56. The number of alkyl halides is 1. The molecule has 1 saturated carbocycles. The Kier molecular flexibility index (Phi) is 8.12. The number of nitrogens with one attached hydrogen (secondary N) is 2. The average Bonchev–Trinajstić information content (AvgIpc) is 3.39. The van der Waals surface area contributed by atoms with Crippen LogP contribution in [0.3, 0.4) is 0 Å². The van der Waals surface area contributed by atoms with Gasteiger partial charge in [-0.1, -0.05) is 24.4 Å². The number of rotatable bonds is 8. The van der Waals surface area contributed by atoms with E-state index >= 15 is 0 Å². The molecule has 3 aromatic rings. The summed E-state index contributed by atoms with van der Waals surface area (Å²) < 4.78 is 23.2. The summed E-state index contributed by atoms with van der Waals surface area (Å²) >= 11 is 6.29. The van der Waals surface area contributed by atoms with Crippen LogP contribution in [0.1, 0.15) is 44.1 Å². The van der Waals surface area contributed by atoms with Crippen molar-refractivity contribution in [2.75, 3.05) is 30.2 Å². The molecule has 5 rings (SSSR count). The Morgan fingerprint density at radius 2 is 1.92 bits per heavy atom. The van der Waals surface area contributed by atoms with Crippen LogP contribution in [0.2, 0.25) is 5.02 Å². The third-order valence-electron chi connectivity index (χ3n) is 7.25. The smallest absolute Gasteiger partial charge is 0.295 e. The van der Waals surface area contributed by atoms with Gasteiger partial charge in [0.05, 0.1) is 16.8 Å². The Hall–Kier alpha value is -3.28. The minimum absolute atomic E-state index is 0.223. The summed E-state index contributed by atoms with van der Waals surface area (Å²) in [6, 6.07) is 16.3. The van der Waals surface area contributed by atoms with Gasteiger partial charge in [-0.3, -0.25) is 0 Å². The van der Waals surface area contributed by atoms with Gasteiger partial charge in [-0.15, -0.1) is 0 Å². The SMILES string of the molecule is N#Cc1ccc(N2CCC[C@H](N[C@@H]3CCCC[C@H]3Nc3ncc(-c4ccc(OCF)cc4)o3)C2)cc1Cl. The van der Waals surface area contributed by atoms with Crippen molar-refractivity contribution in [3.8, 4) is 23.1 Å². The zero-order valence-corrected chi connectivity index (χ0v) is 21.4. The Morgan fingerprint density at radius 1 is 1.11 bits per heavy atom. The molecule has 194 valence electrons. The van der Waals surface area contributed by atoms with Crippen molar-refractivity contribution in [1.29, 1.82) is 5.26 Å².